The van der Waals surface area contributed by atoms with Crippen molar-refractivity contribution in [3.05, 3.63) is 180 Å². The van der Waals surface area contributed by atoms with Gasteiger partial charge in [-0.25, -0.2) is 14.4 Å². The van der Waals surface area contributed by atoms with Crippen LogP contribution >= 0.6 is 0 Å². The predicted octanol–water partition coefficient (Wildman–Crippen LogP) is 20.0. The Morgan fingerprint density at radius 1 is 0.237 bits per heavy atom. The summed E-state index contributed by atoms with van der Waals surface area (Å²) in [6, 6.07) is 54.5. The highest BCUT2D eigenvalue weighted by atomic mass is 16.6. The molecule has 0 atom stereocenters. The van der Waals surface area contributed by atoms with Crippen LogP contribution in [0, 0.1) is 0 Å². The fourth-order valence-corrected chi connectivity index (χ4v) is 12.1. The van der Waals surface area contributed by atoms with Gasteiger partial charge in [-0.2, -0.15) is 0 Å². The van der Waals surface area contributed by atoms with Crippen molar-refractivity contribution in [1.29, 1.82) is 0 Å². The van der Waals surface area contributed by atoms with Crippen molar-refractivity contribution in [1.82, 2.24) is 0 Å². The highest BCUT2D eigenvalue weighted by molar-refractivity contribution is 6.04. The van der Waals surface area contributed by atoms with Gasteiger partial charge in [-0.15, -0.1) is 0 Å². The molecule has 0 aliphatic rings. The molecule has 0 bridgehead atoms. The molecule has 0 aromatic heterocycles. The van der Waals surface area contributed by atoms with E-state index in [1.165, 1.54) is 16.2 Å². The molecule has 12 heteroatoms. The van der Waals surface area contributed by atoms with Crippen molar-refractivity contribution < 1.29 is 57.2 Å². The van der Waals surface area contributed by atoms with Crippen molar-refractivity contribution in [3.8, 4) is 0 Å². The zero-order valence-corrected chi connectivity index (χ0v) is 54.2. The average Bonchev–Trinajstić information content (AvgIpc) is 1.04. The fourth-order valence-electron chi connectivity index (χ4n) is 12.1. The standard InChI is InChI=1S/C81H92O12/c82-76(37-19-13-7-1-4-10-16-28-46-88-79(85)69-43-40-66-49-60-31-22-25-34-63(60)52-72(66)55-69)91-58-75(93-78(84)39-21-15-9-3-6-12-18-30-48-90-81(87)71-45-42-68-51-62-33-24-27-36-65(62)54-74(68)57-71)59-92-77(83)38-20-14-8-2-5-11-17-29-47-89-80(86)70-44-41-67-50-61-32-23-26-35-64(61)53-73(67)56-70/h22-27,31-36,40-45,49-57,75H,1-21,28-30,37-39,46-48,58-59H2. The van der Waals surface area contributed by atoms with E-state index in [2.05, 4.69) is 72.8 Å². The maximum atomic E-state index is 13.1. The van der Waals surface area contributed by atoms with Crippen LogP contribution in [0.2, 0.25) is 0 Å². The van der Waals surface area contributed by atoms with Gasteiger partial charge in [-0.1, -0.05) is 207 Å². The number of rotatable bonds is 41. The van der Waals surface area contributed by atoms with E-state index >= 15 is 0 Å². The van der Waals surface area contributed by atoms with Crippen molar-refractivity contribution in [3.63, 3.8) is 0 Å². The first-order valence-corrected chi connectivity index (χ1v) is 34.4. The molecular weight excluding hydrogens is 1160 g/mol. The number of hydrogen-bond acceptors (Lipinski definition) is 12. The Bertz CT molecular complexity index is 3740. The second-order valence-corrected chi connectivity index (χ2v) is 24.9. The molecule has 9 rings (SSSR count). The van der Waals surface area contributed by atoms with Crippen LogP contribution in [0.4, 0.5) is 0 Å². The first kappa shape index (κ1) is 68.7. The Morgan fingerprint density at radius 2 is 0.473 bits per heavy atom. The van der Waals surface area contributed by atoms with Crippen molar-refractivity contribution in [2.75, 3.05) is 33.0 Å². The Hall–Kier alpha value is -8.64. The number of ether oxygens (including phenoxy) is 6. The lowest BCUT2D eigenvalue weighted by molar-refractivity contribution is -0.167. The van der Waals surface area contributed by atoms with Crippen LogP contribution in [0.25, 0.3) is 64.6 Å². The smallest absolute Gasteiger partial charge is 0.338 e. The molecule has 0 unspecified atom stereocenters. The topological polar surface area (TPSA) is 158 Å². The van der Waals surface area contributed by atoms with Gasteiger partial charge in [-0.3, -0.25) is 14.4 Å². The molecule has 488 valence electrons. The Labute approximate surface area is 548 Å². The molecule has 0 fully saturated rings. The summed E-state index contributed by atoms with van der Waals surface area (Å²) in [6.45, 7) is 0.794. The van der Waals surface area contributed by atoms with Gasteiger partial charge in [0.2, 0.25) is 0 Å². The van der Waals surface area contributed by atoms with Gasteiger partial charge in [0.1, 0.15) is 13.2 Å². The lowest BCUT2D eigenvalue weighted by Gasteiger charge is -2.18. The molecule has 0 saturated carbocycles. The molecule has 0 radical (unpaired) electrons. The molecule has 0 aliphatic carbocycles. The highest BCUT2D eigenvalue weighted by Crippen LogP contribution is 2.28. The van der Waals surface area contributed by atoms with Crippen LogP contribution in [-0.4, -0.2) is 75.0 Å². The molecule has 0 N–H and O–H groups in total. The van der Waals surface area contributed by atoms with E-state index < -0.39 is 12.1 Å². The summed E-state index contributed by atoms with van der Waals surface area (Å²) in [6.07, 6.45) is 22.2. The van der Waals surface area contributed by atoms with Crippen LogP contribution in [0.15, 0.2) is 164 Å². The maximum Gasteiger partial charge on any atom is 0.338 e. The van der Waals surface area contributed by atoms with Gasteiger partial charge in [0.25, 0.3) is 0 Å². The summed E-state index contributed by atoms with van der Waals surface area (Å²) in [5, 5.41) is 13.2. The van der Waals surface area contributed by atoms with Gasteiger partial charge in [0.05, 0.1) is 36.5 Å². The van der Waals surface area contributed by atoms with Gasteiger partial charge in [0.15, 0.2) is 6.10 Å². The first-order valence-electron chi connectivity index (χ1n) is 34.4. The molecule has 9 aromatic rings. The monoisotopic (exact) mass is 1260 g/mol. The lowest BCUT2D eigenvalue weighted by atomic mass is 10.0. The second-order valence-electron chi connectivity index (χ2n) is 24.9. The molecule has 0 saturated heterocycles. The summed E-state index contributed by atoms with van der Waals surface area (Å²) in [5.74, 6) is -2.06. The van der Waals surface area contributed by atoms with Gasteiger partial charge >= 0.3 is 35.8 Å². The van der Waals surface area contributed by atoms with Crippen LogP contribution in [0.1, 0.15) is 204 Å². The molecular formula is C81H92O12. The number of hydrogen-bond donors (Lipinski definition) is 0. The van der Waals surface area contributed by atoms with Gasteiger partial charge < -0.3 is 28.4 Å². The average molecular weight is 1260 g/mol. The Morgan fingerprint density at radius 3 is 0.763 bits per heavy atom. The van der Waals surface area contributed by atoms with Gasteiger partial charge in [0, 0.05) is 19.3 Å². The van der Waals surface area contributed by atoms with Crippen LogP contribution in [0.5, 0.6) is 0 Å². The zero-order chi connectivity index (χ0) is 64.7. The Kier molecular flexibility index (Phi) is 27.9. The van der Waals surface area contributed by atoms with Crippen molar-refractivity contribution in [2.45, 2.75) is 179 Å². The number of benzene rings is 9. The summed E-state index contributed by atoms with van der Waals surface area (Å²) < 4.78 is 33.8. The predicted molar refractivity (Wildman–Crippen MR) is 372 cm³/mol. The highest BCUT2D eigenvalue weighted by Gasteiger charge is 2.20. The van der Waals surface area contributed by atoms with Crippen LogP contribution in [0.3, 0.4) is 0 Å². The molecule has 9 aromatic carbocycles. The minimum Gasteiger partial charge on any atom is -0.462 e. The molecule has 0 spiro atoms. The molecule has 0 amide bonds. The van der Waals surface area contributed by atoms with E-state index in [4.69, 9.17) is 28.4 Å². The molecule has 0 aliphatic heterocycles. The third-order valence-electron chi connectivity index (χ3n) is 17.5. The zero-order valence-electron chi connectivity index (χ0n) is 54.2. The minimum absolute atomic E-state index is 0.183. The maximum absolute atomic E-state index is 13.1. The number of carbonyl (C=O) groups is 6. The van der Waals surface area contributed by atoms with E-state index in [9.17, 15) is 28.8 Å². The van der Waals surface area contributed by atoms with Gasteiger partial charge in [-0.05, 0) is 176 Å². The summed E-state index contributed by atoms with van der Waals surface area (Å²) in [7, 11) is 0. The van der Waals surface area contributed by atoms with E-state index in [-0.39, 0.29) is 62.3 Å². The fraction of sp³-hybridized carbons (Fsp3) is 0.407. The number of unbranched alkanes of at least 4 members (excludes halogenated alkanes) is 21. The lowest BCUT2D eigenvalue weighted by Crippen LogP contribution is -2.30. The molecule has 93 heavy (non-hydrogen) atoms. The van der Waals surface area contributed by atoms with E-state index in [0.29, 0.717) is 55.8 Å². The quantitative estimate of drug-likeness (QED) is 0.0155. The number of esters is 6. The first-order chi connectivity index (χ1) is 45.6. The van der Waals surface area contributed by atoms with E-state index in [1.54, 1.807) is 0 Å². The van der Waals surface area contributed by atoms with Crippen LogP contribution in [-0.2, 0) is 42.8 Å². The molecule has 12 nitrogen and oxygen atoms in total. The second kappa shape index (κ2) is 37.8. The third kappa shape index (κ3) is 22.9. The third-order valence-corrected chi connectivity index (χ3v) is 17.5. The SMILES string of the molecule is O=C(CCCCCCCCCCOC(=O)c1ccc2cc3ccccc3cc2c1)OCC(COC(=O)CCCCCCCCCCOC(=O)c1ccc2cc3ccccc3cc2c1)OC(=O)CCCCCCCCCCOC(=O)c1ccc2cc3ccccc3cc2c1. The van der Waals surface area contributed by atoms with E-state index in [0.717, 1.165) is 183 Å². The number of carbonyl (C=O) groups excluding carboxylic acids is 6. The number of fused-ring (bicyclic) bond motifs is 6. The largest absolute Gasteiger partial charge is 0.462 e. The summed E-state index contributed by atoms with van der Waals surface area (Å²) >= 11 is 0. The Balaban J connectivity index is 0.599. The minimum atomic E-state index is -0.899. The van der Waals surface area contributed by atoms with Crippen molar-refractivity contribution in [2.24, 2.45) is 0 Å². The summed E-state index contributed by atoms with van der Waals surface area (Å²) in [4.78, 5) is 77.3. The van der Waals surface area contributed by atoms with Crippen LogP contribution < -0.4 is 0 Å². The summed E-state index contributed by atoms with van der Waals surface area (Å²) in [5.41, 5.74) is 1.68. The normalized spacial score (nSPS) is 11.5. The molecule has 0 heterocycles. The van der Waals surface area contributed by atoms with E-state index in [1.807, 2.05) is 91.0 Å². The van der Waals surface area contributed by atoms with Crippen molar-refractivity contribution >= 4 is 100 Å².